The fourth-order valence-electron chi connectivity index (χ4n) is 3.72. The van der Waals surface area contributed by atoms with E-state index in [1.54, 1.807) is 6.08 Å². The monoisotopic (exact) mass is 474 g/mol. The van der Waals surface area contributed by atoms with Gasteiger partial charge >= 0.3 is 6.11 Å². The summed E-state index contributed by atoms with van der Waals surface area (Å²) >= 11 is 0. The quantitative estimate of drug-likeness (QED) is 0.220. The predicted molar refractivity (Wildman–Crippen MR) is 109 cm³/mol. The minimum atomic E-state index is -3.51. The molecule has 0 bridgehead atoms. The smallest absolute Gasteiger partial charge is 0.400 e. The lowest BCUT2D eigenvalue weighted by Crippen LogP contribution is -2.37. The van der Waals surface area contributed by atoms with E-state index in [0.717, 1.165) is 24.3 Å². The summed E-state index contributed by atoms with van der Waals surface area (Å²) in [6.07, 6.45) is -2.32. The van der Waals surface area contributed by atoms with Crippen LogP contribution in [0.4, 0.5) is 30.7 Å². The summed E-state index contributed by atoms with van der Waals surface area (Å²) in [5, 5.41) is 0. The van der Waals surface area contributed by atoms with E-state index in [1.807, 2.05) is 0 Å². The van der Waals surface area contributed by atoms with Crippen LogP contribution < -0.4 is 9.47 Å². The molecule has 0 heterocycles. The number of rotatable bonds is 8. The standard InChI is InChI=1S/C24H21F7O2/c1-2-14-3-5-16(6-4-14)24(30,31)33-17-7-8-18(19(25)13-17)15-11-20(26)23(21(27)12-15)32-10-9-22(28)29/h2,7-14,16,22H,1,3-6H2/b10-9+. The maximum Gasteiger partial charge on any atom is 0.400 e. The lowest BCUT2D eigenvalue weighted by molar-refractivity contribution is -0.223. The molecule has 1 saturated carbocycles. The molecule has 0 N–H and O–H groups in total. The average molecular weight is 474 g/mol. The van der Waals surface area contributed by atoms with E-state index in [1.165, 1.54) is 0 Å². The minimum absolute atomic E-state index is 0.187. The van der Waals surface area contributed by atoms with Gasteiger partial charge in [0, 0.05) is 17.7 Å². The van der Waals surface area contributed by atoms with Crippen molar-refractivity contribution in [3.63, 3.8) is 0 Å². The largest absolute Gasteiger partial charge is 0.459 e. The highest BCUT2D eigenvalue weighted by Gasteiger charge is 2.43. The van der Waals surface area contributed by atoms with Crippen molar-refractivity contribution in [1.29, 1.82) is 0 Å². The van der Waals surface area contributed by atoms with Gasteiger partial charge in [0.25, 0.3) is 6.43 Å². The molecule has 0 amide bonds. The van der Waals surface area contributed by atoms with Gasteiger partial charge in [0.15, 0.2) is 17.4 Å². The number of allylic oxidation sites excluding steroid dienone is 2. The van der Waals surface area contributed by atoms with Crippen LogP contribution in [-0.2, 0) is 0 Å². The van der Waals surface area contributed by atoms with E-state index in [9.17, 15) is 30.7 Å². The summed E-state index contributed by atoms with van der Waals surface area (Å²) in [6, 6.07) is 4.32. The Bertz CT molecular complexity index is 989. The van der Waals surface area contributed by atoms with E-state index in [0.29, 0.717) is 25.2 Å². The first-order chi connectivity index (χ1) is 15.6. The summed E-state index contributed by atoms with van der Waals surface area (Å²) < 4.78 is 106. The van der Waals surface area contributed by atoms with Crippen molar-refractivity contribution in [1.82, 2.24) is 0 Å². The van der Waals surface area contributed by atoms with Crippen molar-refractivity contribution in [2.45, 2.75) is 38.2 Å². The number of hydrogen-bond donors (Lipinski definition) is 0. The molecule has 0 unspecified atom stereocenters. The van der Waals surface area contributed by atoms with Gasteiger partial charge in [-0.15, -0.1) is 6.58 Å². The molecule has 3 rings (SSSR count). The van der Waals surface area contributed by atoms with Crippen LogP contribution in [0.2, 0.25) is 0 Å². The second kappa shape index (κ2) is 10.3. The lowest BCUT2D eigenvalue weighted by Gasteiger charge is -2.32. The average Bonchev–Trinajstić information content (AvgIpc) is 2.75. The van der Waals surface area contributed by atoms with Crippen LogP contribution in [0.15, 0.2) is 55.3 Å². The molecule has 0 spiro atoms. The van der Waals surface area contributed by atoms with Crippen LogP contribution in [0.3, 0.4) is 0 Å². The SMILES string of the molecule is C=CC1CCC(C(F)(F)Oc2ccc(-c3cc(F)c(O/C=C/C(F)F)c(F)c3)c(F)c2)CC1. The fourth-order valence-corrected chi connectivity index (χ4v) is 3.72. The maximum atomic E-state index is 14.6. The Kier molecular flexibility index (Phi) is 7.71. The molecule has 1 fully saturated rings. The second-order valence-corrected chi connectivity index (χ2v) is 7.70. The summed E-state index contributed by atoms with van der Waals surface area (Å²) in [5.74, 6) is -5.76. The van der Waals surface area contributed by atoms with Crippen molar-refractivity contribution in [3.8, 4) is 22.6 Å². The van der Waals surface area contributed by atoms with E-state index in [2.05, 4.69) is 11.3 Å². The van der Waals surface area contributed by atoms with Crippen molar-refractivity contribution >= 4 is 0 Å². The number of alkyl halides is 4. The topological polar surface area (TPSA) is 18.5 Å². The Hall–Kier alpha value is -2.97. The van der Waals surface area contributed by atoms with E-state index >= 15 is 0 Å². The molecule has 2 nitrogen and oxygen atoms in total. The molecule has 0 atom stereocenters. The Morgan fingerprint density at radius 3 is 2.12 bits per heavy atom. The number of halogens is 7. The third-order valence-corrected chi connectivity index (χ3v) is 5.49. The molecule has 0 radical (unpaired) electrons. The third-order valence-electron chi connectivity index (χ3n) is 5.49. The first-order valence-electron chi connectivity index (χ1n) is 10.2. The summed E-state index contributed by atoms with van der Waals surface area (Å²) in [5.41, 5.74) is -0.515. The van der Waals surface area contributed by atoms with Gasteiger partial charge in [0.05, 0.1) is 12.2 Å². The maximum absolute atomic E-state index is 14.6. The number of benzene rings is 2. The Balaban J connectivity index is 1.76. The van der Waals surface area contributed by atoms with Crippen LogP contribution in [0, 0.1) is 29.3 Å². The third kappa shape index (κ3) is 6.09. The highest BCUT2D eigenvalue weighted by atomic mass is 19.3. The molecular formula is C24H21F7O2. The van der Waals surface area contributed by atoms with Crippen molar-refractivity contribution in [2.75, 3.05) is 0 Å². The molecular weight excluding hydrogens is 453 g/mol. The Morgan fingerprint density at radius 1 is 0.939 bits per heavy atom. The van der Waals surface area contributed by atoms with Gasteiger partial charge in [-0.1, -0.05) is 6.08 Å². The van der Waals surface area contributed by atoms with Gasteiger partial charge in [-0.3, -0.25) is 0 Å². The fraction of sp³-hybridized carbons (Fsp3) is 0.333. The van der Waals surface area contributed by atoms with Gasteiger partial charge in [-0.25, -0.2) is 22.0 Å². The van der Waals surface area contributed by atoms with Crippen LogP contribution >= 0.6 is 0 Å². The van der Waals surface area contributed by atoms with E-state index < -0.39 is 47.4 Å². The van der Waals surface area contributed by atoms with Crippen LogP contribution in [0.1, 0.15) is 25.7 Å². The van der Waals surface area contributed by atoms with Crippen LogP contribution in [0.25, 0.3) is 11.1 Å². The van der Waals surface area contributed by atoms with Gasteiger partial charge in [0.1, 0.15) is 11.6 Å². The first-order valence-corrected chi connectivity index (χ1v) is 10.2. The normalized spacial score (nSPS) is 19.2. The Morgan fingerprint density at radius 2 is 1.58 bits per heavy atom. The highest BCUT2D eigenvalue weighted by molar-refractivity contribution is 5.66. The van der Waals surface area contributed by atoms with Crippen molar-refractivity contribution in [3.05, 3.63) is 72.8 Å². The summed E-state index contributed by atoms with van der Waals surface area (Å²) in [7, 11) is 0. The predicted octanol–water partition coefficient (Wildman–Crippen LogP) is 7.89. The molecule has 1 aliphatic carbocycles. The molecule has 1 aliphatic rings. The van der Waals surface area contributed by atoms with E-state index in [-0.39, 0.29) is 36.0 Å². The zero-order valence-electron chi connectivity index (χ0n) is 17.3. The lowest BCUT2D eigenvalue weighted by atomic mass is 9.81. The Labute approximate surface area is 186 Å². The first kappa shape index (κ1) is 24.7. The second-order valence-electron chi connectivity index (χ2n) is 7.70. The van der Waals surface area contributed by atoms with Gasteiger partial charge < -0.3 is 9.47 Å². The van der Waals surface area contributed by atoms with Crippen LogP contribution in [-0.4, -0.2) is 12.5 Å². The van der Waals surface area contributed by atoms with E-state index in [4.69, 9.17) is 4.74 Å². The highest BCUT2D eigenvalue weighted by Crippen LogP contribution is 2.41. The zero-order valence-corrected chi connectivity index (χ0v) is 17.3. The molecule has 2 aromatic rings. The number of hydrogen-bond acceptors (Lipinski definition) is 2. The molecule has 178 valence electrons. The molecule has 33 heavy (non-hydrogen) atoms. The molecule has 2 aromatic carbocycles. The molecule has 0 saturated heterocycles. The molecule has 0 aromatic heterocycles. The van der Waals surface area contributed by atoms with Crippen molar-refractivity contribution in [2.24, 2.45) is 11.8 Å². The van der Waals surface area contributed by atoms with Gasteiger partial charge in [-0.2, -0.15) is 8.78 Å². The van der Waals surface area contributed by atoms with Crippen molar-refractivity contribution < 1.29 is 40.2 Å². The zero-order chi connectivity index (χ0) is 24.2. The molecule has 0 aliphatic heterocycles. The summed E-state index contributed by atoms with van der Waals surface area (Å²) in [4.78, 5) is 0. The molecule has 9 heteroatoms. The van der Waals surface area contributed by atoms with Gasteiger partial charge in [-0.05, 0) is 61.4 Å². The number of ether oxygens (including phenoxy) is 2. The van der Waals surface area contributed by atoms with Crippen LogP contribution in [0.5, 0.6) is 11.5 Å². The van der Waals surface area contributed by atoms with Gasteiger partial charge in [0.2, 0.25) is 0 Å². The summed E-state index contributed by atoms with van der Waals surface area (Å²) in [6.45, 7) is 3.67. The minimum Gasteiger partial charge on any atom is -0.459 e.